The summed E-state index contributed by atoms with van der Waals surface area (Å²) in [6.07, 6.45) is 0.874. The molecule has 8 heteroatoms. The zero-order chi connectivity index (χ0) is 21.6. The number of benzene rings is 2. The molecule has 0 radical (unpaired) electrons. The van der Waals surface area contributed by atoms with Gasteiger partial charge in [-0.1, -0.05) is 37.6 Å². The molecular formula is C21H25ClN4O3. The molecule has 3 aromatic rings. The third kappa shape index (κ3) is 8.32. The van der Waals surface area contributed by atoms with E-state index < -0.39 is 6.10 Å². The summed E-state index contributed by atoms with van der Waals surface area (Å²) in [5, 5.41) is 37.2. The molecule has 0 bridgehead atoms. The van der Waals surface area contributed by atoms with Crippen molar-refractivity contribution in [2.45, 2.75) is 33.5 Å². The lowest BCUT2D eigenvalue weighted by Crippen LogP contribution is -2.15. The van der Waals surface area contributed by atoms with Crippen molar-refractivity contribution in [3.05, 3.63) is 65.0 Å². The first kappa shape index (κ1) is 24.1. The molecule has 2 aromatic carbocycles. The van der Waals surface area contributed by atoms with E-state index in [1.54, 1.807) is 25.1 Å². The minimum absolute atomic E-state index is 0.0457. The van der Waals surface area contributed by atoms with Gasteiger partial charge in [0.2, 0.25) is 12.3 Å². The molecule has 0 saturated heterocycles. The van der Waals surface area contributed by atoms with Gasteiger partial charge in [-0.2, -0.15) is 5.26 Å². The average molecular weight is 417 g/mol. The van der Waals surface area contributed by atoms with E-state index in [2.05, 4.69) is 15.5 Å². The van der Waals surface area contributed by atoms with Gasteiger partial charge in [0.05, 0.1) is 23.3 Å². The monoisotopic (exact) mass is 416 g/mol. The van der Waals surface area contributed by atoms with Crippen molar-refractivity contribution in [2.75, 3.05) is 11.9 Å². The quantitative estimate of drug-likeness (QED) is 0.569. The fraction of sp³-hybridized carbons (Fsp3) is 0.286. The van der Waals surface area contributed by atoms with Crippen LogP contribution in [0.1, 0.15) is 31.9 Å². The number of rotatable bonds is 5. The lowest BCUT2D eigenvalue weighted by Gasteiger charge is -2.08. The second-order valence-electron chi connectivity index (χ2n) is 5.64. The minimum Gasteiger partial charge on any atom is -0.423 e. The smallest absolute Gasteiger partial charge is 0.247 e. The van der Waals surface area contributed by atoms with Crippen LogP contribution in [0.3, 0.4) is 0 Å². The van der Waals surface area contributed by atoms with Gasteiger partial charge >= 0.3 is 0 Å². The molecule has 1 aromatic heterocycles. The van der Waals surface area contributed by atoms with Crippen molar-refractivity contribution >= 4 is 17.3 Å². The fourth-order valence-electron chi connectivity index (χ4n) is 2.03. The van der Waals surface area contributed by atoms with Crippen LogP contribution >= 0.6 is 11.6 Å². The first-order valence-electron chi connectivity index (χ1n) is 9.11. The van der Waals surface area contributed by atoms with E-state index >= 15 is 0 Å². The minimum atomic E-state index is -0.413. The SMILES string of the molecule is CC.CC(O)CNc1ccc(C#N)c(Cl)c1.OCc1ccc(-c2nnco2)cc1. The van der Waals surface area contributed by atoms with Gasteiger partial charge in [-0.3, -0.25) is 0 Å². The third-order valence-electron chi connectivity index (χ3n) is 3.43. The molecular weight excluding hydrogens is 392 g/mol. The topological polar surface area (TPSA) is 115 Å². The molecule has 7 nitrogen and oxygen atoms in total. The predicted molar refractivity (Wildman–Crippen MR) is 113 cm³/mol. The van der Waals surface area contributed by atoms with Crippen LogP contribution in [0.25, 0.3) is 11.5 Å². The molecule has 3 N–H and O–H groups in total. The van der Waals surface area contributed by atoms with Crippen LogP contribution in [-0.4, -0.2) is 33.1 Å². The van der Waals surface area contributed by atoms with E-state index in [1.165, 1.54) is 6.39 Å². The van der Waals surface area contributed by atoms with Crippen LogP contribution < -0.4 is 5.32 Å². The summed E-state index contributed by atoms with van der Waals surface area (Å²) in [5.74, 6) is 0.490. The normalized spacial score (nSPS) is 10.5. The number of nitrogens with one attached hydrogen (secondary N) is 1. The fourth-order valence-corrected chi connectivity index (χ4v) is 2.26. The molecule has 3 rings (SSSR count). The lowest BCUT2D eigenvalue weighted by atomic mass is 10.1. The van der Waals surface area contributed by atoms with E-state index in [0.29, 0.717) is 23.0 Å². The number of halogens is 1. The van der Waals surface area contributed by atoms with Gasteiger partial charge < -0.3 is 19.9 Å². The van der Waals surface area contributed by atoms with Gasteiger partial charge in [0.1, 0.15) is 6.07 Å². The molecule has 1 atom stereocenters. The Balaban J connectivity index is 0.000000268. The van der Waals surface area contributed by atoms with Crippen LogP contribution in [0.5, 0.6) is 0 Å². The van der Waals surface area contributed by atoms with Crippen molar-refractivity contribution in [3.8, 4) is 17.5 Å². The number of aromatic nitrogens is 2. The molecule has 1 unspecified atom stereocenters. The van der Waals surface area contributed by atoms with Gasteiger partial charge in [-0.15, -0.1) is 10.2 Å². The summed E-state index contributed by atoms with van der Waals surface area (Å²) >= 11 is 5.82. The molecule has 154 valence electrons. The van der Waals surface area contributed by atoms with E-state index in [9.17, 15) is 0 Å². The van der Waals surface area contributed by atoms with Crippen molar-refractivity contribution in [2.24, 2.45) is 0 Å². The maximum Gasteiger partial charge on any atom is 0.247 e. The van der Waals surface area contributed by atoms with Gasteiger partial charge in [-0.05, 0) is 42.8 Å². The second-order valence-corrected chi connectivity index (χ2v) is 6.04. The van der Waals surface area contributed by atoms with Crippen LogP contribution in [0.15, 0.2) is 53.3 Å². The maximum atomic E-state index is 9.04. The largest absolute Gasteiger partial charge is 0.423 e. The average Bonchev–Trinajstić information content (AvgIpc) is 3.29. The van der Waals surface area contributed by atoms with Crippen molar-refractivity contribution in [1.82, 2.24) is 10.2 Å². The molecule has 0 fully saturated rings. The van der Waals surface area contributed by atoms with Gasteiger partial charge in [-0.25, -0.2) is 0 Å². The zero-order valence-electron chi connectivity index (χ0n) is 16.6. The number of hydrogen-bond acceptors (Lipinski definition) is 7. The summed E-state index contributed by atoms with van der Waals surface area (Å²) in [4.78, 5) is 0. The van der Waals surface area contributed by atoms with Gasteiger partial charge in [0.15, 0.2) is 0 Å². The maximum absolute atomic E-state index is 9.04. The number of nitrogens with zero attached hydrogens (tertiary/aromatic N) is 3. The van der Waals surface area contributed by atoms with Crippen LogP contribution in [0.4, 0.5) is 5.69 Å². The highest BCUT2D eigenvalue weighted by Crippen LogP contribution is 2.20. The summed E-state index contributed by atoms with van der Waals surface area (Å²) in [5.41, 5.74) is 2.97. The Morgan fingerprint density at radius 1 is 1.21 bits per heavy atom. The Morgan fingerprint density at radius 3 is 2.38 bits per heavy atom. The molecule has 0 aliphatic rings. The van der Waals surface area contributed by atoms with Crippen molar-refractivity contribution in [3.63, 3.8) is 0 Å². The Bertz CT molecular complexity index is 876. The second kappa shape index (κ2) is 13.3. The molecule has 0 spiro atoms. The first-order chi connectivity index (χ1) is 14.0. The number of aliphatic hydroxyl groups is 2. The molecule has 0 aliphatic carbocycles. The van der Waals surface area contributed by atoms with E-state index in [4.69, 9.17) is 31.5 Å². The predicted octanol–water partition coefficient (Wildman–Crippen LogP) is 4.26. The third-order valence-corrected chi connectivity index (χ3v) is 3.75. The lowest BCUT2D eigenvalue weighted by molar-refractivity contribution is 0.208. The van der Waals surface area contributed by atoms with Crippen molar-refractivity contribution in [1.29, 1.82) is 5.26 Å². The van der Waals surface area contributed by atoms with Crippen molar-refractivity contribution < 1.29 is 14.6 Å². The Hall–Kier alpha value is -2.92. The molecule has 29 heavy (non-hydrogen) atoms. The number of hydrogen-bond donors (Lipinski definition) is 3. The van der Waals surface area contributed by atoms with Gasteiger partial charge in [0.25, 0.3) is 0 Å². The molecule has 0 amide bonds. The highest BCUT2D eigenvalue weighted by molar-refractivity contribution is 6.32. The Morgan fingerprint density at radius 2 is 1.90 bits per heavy atom. The molecule has 0 saturated carbocycles. The number of nitriles is 1. The Kier molecular flexibility index (Phi) is 11.1. The van der Waals surface area contributed by atoms with Crippen LogP contribution in [0, 0.1) is 11.3 Å². The highest BCUT2D eigenvalue weighted by atomic mass is 35.5. The summed E-state index contributed by atoms with van der Waals surface area (Å²) in [6.45, 7) is 6.20. The molecule has 0 aliphatic heterocycles. The van der Waals surface area contributed by atoms with Crippen LogP contribution in [0.2, 0.25) is 5.02 Å². The standard InChI is InChI=1S/C10H11ClN2O.C9H8N2O2.C2H6/c1-7(14)6-13-9-3-2-8(5-12)10(11)4-9;12-5-7-1-3-8(4-2-7)9-11-10-6-13-9;1-2/h2-4,7,13-14H,6H2,1H3;1-4,6,12H,5H2;1-2H3. The summed E-state index contributed by atoms with van der Waals surface area (Å²) in [6, 6.07) is 14.4. The van der Waals surface area contributed by atoms with E-state index in [-0.39, 0.29) is 6.61 Å². The number of anilines is 1. The summed E-state index contributed by atoms with van der Waals surface area (Å²) < 4.78 is 5.01. The number of aliphatic hydroxyl groups excluding tert-OH is 2. The zero-order valence-corrected chi connectivity index (χ0v) is 17.4. The summed E-state index contributed by atoms with van der Waals surface area (Å²) in [7, 11) is 0. The van der Waals surface area contributed by atoms with E-state index in [0.717, 1.165) is 16.8 Å². The van der Waals surface area contributed by atoms with E-state index in [1.807, 2.05) is 44.2 Å². The van der Waals surface area contributed by atoms with Crippen LogP contribution in [-0.2, 0) is 6.61 Å². The Labute approximate surface area is 175 Å². The van der Waals surface area contributed by atoms with Gasteiger partial charge in [0, 0.05) is 17.8 Å². The highest BCUT2D eigenvalue weighted by Gasteiger charge is 2.02. The first-order valence-corrected chi connectivity index (χ1v) is 9.49. The molecule has 1 heterocycles.